The van der Waals surface area contributed by atoms with E-state index in [1.165, 1.54) is 13.0 Å². The molecule has 120 valence electrons. The van der Waals surface area contributed by atoms with Gasteiger partial charge in [-0.25, -0.2) is 4.79 Å². The number of halogens is 3. The molecule has 0 heterocycles. The molecule has 0 amide bonds. The number of rotatable bonds is 3. The van der Waals surface area contributed by atoms with Crippen LogP contribution in [0, 0.1) is 6.92 Å². The van der Waals surface area contributed by atoms with Gasteiger partial charge in [-0.3, -0.25) is 4.79 Å². The zero-order chi connectivity index (χ0) is 17.2. The second-order valence-electron chi connectivity index (χ2n) is 5.02. The number of esters is 1. The molecule has 0 N–H and O–H groups in total. The summed E-state index contributed by atoms with van der Waals surface area (Å²) in [7, 11) is 0. The van der Waals surface area contributed by atoms with Crippen molar-refractivity contribution >= 4 is 11.8 Å². The molecule has 2 aromatic carbocycles. The molecular weight excluding hydrogens is 309 g/mol. The highest BCUT2D eigenvalue weighted by atomic mass is 19.4. The van der Waals surface area contributed by atoms with Gasteiger partial charge < -0.3 is 4.74 Å². The summed E-state index contributed by atoms with van der Waals surface area (Å²) in [4.78, 5) is 23.6. The van der Waals surface area contributed by atoms with Crippen LogP contribution in [0.15, 0.2) is 42.5 Å². The van der Waals surface area contributed by atoms with Crippen LogP contribution in [0.3, 0.4) is 0 Å². The zero-order valence-corrected chi connectivity index (χ0v) is 12.4. The lowest BCUT2D eigenvalue weighted by Crippen LogP contribution is -2.12. The van der Waals surface area contributed by atoms with Gasteiger partial charge in [0, 0.05) is 0 Å². The van der Waals surface area contributed by atoms with Crippen molar-refractivity contribution in [2.75, 3.05) is 0 Å². The summed E-state index contributed by atoms with van der Waals surface area (Å²) in [5.41, 5.74) is 0.177. The second-order valence-corrected chi connectivity index (χ2v) is 5.02. The summed E-state index contributed by atoms with van der Waals surface area (Å²) in [6.45, 7) is 3.12. The summed E-state index contributed by atoms with van der Waals surface area (Å²) in [5.74, 6) is -1.03. The average Bonchev–Trinajstić information content (AvgIpc) is 2.48. The Labute approximate surface area is 130 Å². The molecule has 0 saturated heterocycles. The monoisotopic (exact) mass is 322 g/mol. The molecule has 0 aliphatic heterocycles. The summed E-state index contributed by atoms with van der Waals surface area (Å²) < 4.78 is 42.6. The van der Waals surface area contributed by atoms with E-state index in [2.05, 4.69) is 0 Å². The number of benzene rings is 2. The predicted molar refractivity (Wildman–Crippen MR) is 77.6 cm³/mol. The maximum atomic E-state index is 12.5. The Balaban J connectivity index is 2.24. The van der Waals surface area contributed by atoms with Crippen molar-refractivity contribution in [2.24, 2.45) is 0 Å². The van der Waals surface area contributed by atoms with E-state index in [-0.39, 0.29) is 22.7 Å². The Morgan fingerprint density at radius 1 is 1.00 bits per heavy atom. The van der Waals surface area contributed by atoms with Crippen LogP contribution in [-0.2, 0) is 6.18 Å². The fourth-order valence-electron chi connectivity index (χ4n) is 1.96. The van der Waals surface area contributed by atoms with Gasteiger partial charge >= 0.3 is 12.1 Å². The van der Waals surface area contributed by atoms with E-state index in [4.69, 9.17) is 4.74 Å². The number of aryl methyl sites for hydroxylation is 1. The van der Waals surface area contributed by atoms with Gasteiger partial charge in [0.1, 0.15) is 5.75 Å². The first-order chi connectivity index (χ1) is 10.7. The number of hydrogen-bond acceptors (Lipinski definition) is 3. The summed E-state index contributed by atoms with van der Waals surface area (Å²) in [6.07, 6.45) is -4.47. The van der Waals surface area contributed by atoms with Crippen molar-refractivity contribution in [3.8, 4) is 5.75 Å². The van der Waals surface area contributed by atoms with Gasteiger partial charge in [0.05, 0.1) is 16.7 Å². The number of Topliss-reactive ketones (excluding diaryl/α,β-unsaturated/α-hetero) is 1. The maximum Gasteiger partial charge on any atom is 0.416 e. The van der Waals surface area contributed by atoms with E-state index in [0.29, 0.717) is 0 Å². The number of alkyl halides is 3. The normalized spacial score (nSPS) is 11.2. The van der Waals surface area contributed by atoms with Crippen LogP contribution in [0.4, 0.5) is 13.2 Å². The third kappa shape index (κ3) is 3.97. The lowest BCUT2D eigenvalue weighted by molar-refractivity contribution is -0.137. The zero-order valence-electron chi connectivity index (χ0n) is 12.4. The SMILES string of the molecule is CC(=O)c1cc(C)ccc1OC(=O)c1ccc(C(F)(F)F)cc1. The Hall–Kier alpha value is -2.63. The van der Waals surface area contributed by atoms with Crippen LogP contribution in [0.5, 0.6) is 5.75 Å². The molecule has 0 atom stereocenters. The Bertz CT molecular complexity index is 747. The van der Waals surface area contributed by atoms with Gasteiger partial charge in [0.2, 0.25) is 0 Å². The predicted octanol–water partition coefficient (Wildman–Crippen LogP) is 4.44. The maximum absolute atomic E-state index is 12.5. The van der Waals surface area contributed by atoms with Crippen molar-refractivity contribution in [3.05, 3.63) is 64.7 Å². The molecule has 0 bridgehead atoms. The standard InChI is InChI=1S/C17H13F3O3/c1-10-3-8-15(14(9-10)11(2)21)23-16(22)12-4-6-13(7-5-12)17(18,19)20/h3-9H,1-2H3. The molecule has 2 aromatic rings. The van der Waals surface area contributed by atoms with Crippen molar-refractivity contribution in [1.29, 1.82) is 0 Å². The fraction of sp³-hybridized carbons (Fsp3) is 0.176. The molecule has 23 heavy (non-hydrogen) atoms. The van der Waals surface area contributed by atoms with Crippen molar-refractivity contribution in [2.45, 2.75) is 20.0 Å². The van der Waals surface area contributed by atoms with Crippen molar-refractivity contribution in [1.82, 2.24) is 0 Å². The molecule has 0 unspecified atom stereocenters. The van der Waals surface area contributed by atoms with Crippen LogP contribution >= 0.6 is 0 Å². The van der Waals surface area contributed by atoms with E-state index in [9.17, 15) is 22.8 Å². The number of carbonyl (C=O) groups is 2. The van der Waals surface area contributed by atoms with E-state index in [1.54, 1.807) is 19.1 Å². The molecule has 0 spiro atoms. The highest BCUT2D eigenvalue weighted by Crippen LogP contribution is 2.29. The minimum atomic E-state index is -4.47. The summed E-state index contributed by atoms with van der Waals surface area (Å²) in [5, 5.41) is 0. The van der Waals surface area contributed by atoms with E-state index >= 15 is 0 Å². The van der Waals surface area contributed by atoms with E-state index in [0.717, 1.165) is 29.8 Å². The van der Waals surface area contributed by atoms with Gasteiger partial charge in [-0.05, 0) is 50.2 Å². The highest BCUT2D eigenvalue weighted by Gasteiger charge is 2.30. The molecule has 2 rings (SSSR count). The molecule has 0 radical (unpaired) electrons. The third-order valence-corrected chi connectivity index (χ3v) is 3.16. The molecule has 0 aliphatic rings. The molecule has 0 aromatic heterocycles. The van der Waals surface area contributed by atoms with Gasteiger partial charge in [-0.2, -0.15) is 13.2 Å². The van der Waals surface area contributed by atoms with Gasteiger partial charge in [-0.1, -0.05) is 11.6 Å². The number of ketones is 1. The van der Waals surface area contributed by atoms with Crippen molar-refractivity contribution < 1.29 is 27.5 Å². The van der Waals surface area contributed by atoms with Gasteiger partial charge in [0.15, 0.2) is 5.78 Å². The van der Waals surface area contributed by atoms with Gasteiger partial charge in [0.25, 0.3) is 0 Å². The van der Waals surface area contributed by atoms with Crippen LogP contribution in [0.1, 0.15) is 38.8 Å². The lowest BCUT2D eigenvalue weighted by atomic mass is 10.1. The lowest BCUT2D eigenvalue weighted by Gasteiger charge is -2.10. The molecule has 3 nitrogen and oxygen atoms in total. The van der Waals surface area contributed by atoms with Crippen LogP contribution in [0.2, 0.25) is 0 Å². The Morgan fingerprint density at radius 3 is 2.13 bits per heavy atom. The van der Waals surface area contributed by atoms with E-state index in [1.807, 2.05) is 0 Å². The van der Waals surface area contributed by atoms with Crippen LogP contribution < -0.4 is 4.74 Å². The average molecular weight is 322 g/mol. The van der Waals surface area contributed by atoms with Crippen LogP contribution in [-0.4, -0.2) is 11.8 Å². The molecule has 6 heteroatoms. The van der Waals surface area contributed by atoms with Gasteiger partial charge in [-0.15, -0.1) is 0 Å². The van der Waals surface area contributed by atoms with Crippen LogP contribution in [0.25, 0.3) is 0 Å². The van der Waals surface area contributed by atoms with Crippen molar-refractivity contribution in [3.63, 3.8) is 0 Å². The first-order valence-corrected chi connectivity index (χ1v) is 6.69. The molecule has 0 aliphatic carbocycles. The number of carbonyl (C=O) groups excluding carboxylic acids is 2. The quantitative estimate of drug-likeness (QED) is 0.477. The summed E-state index contributed by atoms with van der Waals surface area (Å²) in [6, 6.07) is 8.41. The first kappa shape index (κ1) is 16.7. The smallest absolute Gasteiger partial charge is 0.416 e. The minimum Gasteiger partial charge on any atom is -0.422 e. The summed E-state index contributed by atoms with van der Waals surface area (Å²) >= 11 is 0. The largest absolute Gasteiger partial charge is 0.422 e. The highest BCUT2D eigenvalue weighted by molar-refractivity contribution is 5.99. The first-order valence-electron chi connectivity index (χ1n) is 6.69. The van der Waals surface area contributed by atoms with E-state index < -0.39 is 17.7 Å². The topological polar surface area (TPSA) is 43.4 Å². The minimum absolute atomic E-state index is 0.0342. The Morgan fingerprint density at radius 2 is 1.61 bits per heavy atom. The molecule has 0 fully saturated rings. The molecular formula is C17H13F3O3. The fourth-order valence-corrected chi connectivity index (χ4v) is 1.96. The number of ether oxygens (including phenoxy) is 1. The third-order valence-electron chi connectivity index (χ3n) is 3.16. The second kappa shape index (κ2) is 6.24. The Kier molecular flexibility index (Phi) is 4.54. The number of hydrogen-bond donors (Lipinski definition) is 0. The molecule has 0 saturated carbocycles.